The lowest BCUT2D eigenvalue weighted by Gasteiger charge is -2.27. The van der Waals surface area contributed by atoms with Crippen molar-refractivity contribution in [2.24, 2.45) is 0 Å². The summed E-state index contributed by atoms with van der Waals surface area (Å²) in [7, 11) is 0. The Bertz CT molecular complexity index is 843. The second-order valence-electron chi connectivity index (χ2n) is 5.66. The van der Waals surface area contributed by atoms with Gasteiger partial charge in [-0.3, -0.25) is 4.98 Å². The third-order valence-corrected chi connectivity index (χ3v) is 4.08. The van der Waals surface area contributed by atoms with Crippen molar-refractivity contribution in [3.05, 3.63) is 48.7 Å². The molecule has 1 aliphatic heterocycles. The van der Waals surface area contributed by atoms with Crippen molar-refractivity contribution in [2.45, 2.75) is 0 Å². The number of anilines is 2. The molecule has 1 aliphatic rings. The van der Waals surface area contributed by atoms with E-state index in [-0.39, 0.29) is 0 Å². The molecule has 0 atom stereocenters. The number of hydrogen-bond acceptors (Lipinski definition) is 5. The number of hydrogen-bond donors (Lipinski definition) is 1. The van der Waals surface area contributed by atoms with Gasteiger partial charge in [0.1, 0.15) is 5.82 Å². The van der Waals surface area contributed by atoms with Crippen LogP contribution in [0.15, 0.2) is 48.7 Å². The fourth-order valence-corrected chi connectivity index (χ4v) is 2.84. The van der Waals surface area contributed by atoms with Crippen LogP contribution in [-0.4, -0.2) is 36.3 Å². The number of fused-ring (bicyclic) bond motifs is 1. The van der Waals surface area contributed by atoms with Crippen LogP contribution in [0.1, 0.15) is 0 Å². The number of rotatable bonds is 2. The molecular weight excluding hydrogens is 288 g/mol. The average molecular weight is 306 g/mol. The van der Waals surface area contributed by atoms with E-state index in [1.54, 1.807) is 0 Å². The Morgan fingerprint density at radius 2 is 1.78 bits per heavy atom. The molecule has 5 nitrogen and oxygen atoms in total. The molecule has 116 valence electrons. The average Bonchev–Trinajstić information content (AvgIpc) is 2.61. The highest BCUT2D eigenvalue weighted by Gasteiger charge is 2.13. The Kier molecular flexibility index (Phi) is 3.55. The predicted molar refractivity (Wildman–Crippen MR) is 92.4 cm³/mol. The molecule has 0 amide bonds. The minimum atomic E-state index is 0.739. The number of benzene rings is 2. The van der Waals surface area contributed by atoms with Crippen LogP contribution in [0.3, 0.4) is 0 Å². The zero-order chi connectivity index (χ0) is 15.6. The van der Waals surface area contributed by atoms with Gasteiger partial charge >= 0.3 is 0 Å². The minimum absolute atomic E-state index is 0.739. The van der Waals surface area contributed by atoms with E-state index >= 15 is 0 Å². The molecule has 0 bridgehead atoms. The molecule has 1 saturated heterocycles. The van der Waals surface area contributed by atoms with Crippen LogP contribution < -0.4 is 10.6 Å². The van der Waals surface area contributed by atoms with Gasteiger partial charge in [-0.1, -0.05) is 18.2 Å². The zero-order valence-corrected chi connectivity index (χ0v) is 12.8. The molecule has 0 radical (unpaired) electrons. The summed E-state index contributed by atoms with van der Waals surface area (Å²) in [5.41, 5.74) is 10.6. The Hall–Kier alpha value is -2.66. The quantitative estimate of drug-likeness (QED) is 0.738. The molecule has 2 aromatic carbocycles. The van der Waals surface area contributed by atoms with E-state index < -0.39 is 0 Å². The van der Waals surface area contributed by atoms with Gasteiger partial charge in [0.25, 0.3) is 0 Å². The highest BCUT2D eigenvalue weighted by molar-refractivity contribution is 5.82. The Labute approximate surface area is 134 Å². The van der Waals surface area contributed by atoms with Crippen LogP contribution in [0.25, 0.3) is 22.2 Å². The lowest BCUT2D eigenvalue weighted by molar-refractivity contribution is 0.122. The first-order chi connectivity index (χ1) is 11.3. The summed E-state index contributed by atoms with van der Waals surface area (Å²) in [4.78, 5) is 11.5. The number of nitrogen functional groups attached to an aromatic ring is 1. The maximum Gasteiger partial charge on any atom is 0.148 e. The summed E-state index contributed by atoms with van der Waals surface area (Å²) in [5.74, 6) is 0.908. The third-order valence-electron chi connectivity index (χ3n) is 4.08. The van der Waals surface area contributed by atoms with Crippen LogP contribution in [0.2, 0.25) is 0 Å². The van der Waals surface area contributed by atoms with Crippen molar-refractivity contribution in [2.75, 3.05) is 36.9 Å². The minimum Gasteiger partial charge on any atom is -0.399 e. The molecule has 0 saturated carbocycles. The Morgan fingerprint density at radius 1 is 0.957 bits per heavy atom. The highest BCUT2D eigenvalue weighted by atomic mass is 16.5. The molecule has 5 heteroatoms. The molecule has 1 fully saturated rings. The first kappa shape index (κ1) is 14.0. The number of aromatic nitrogens is 2. The van der Waals surface area contributed by atoms with Gasteiger partial charge < -0.3 is 15.4 Å². The lowest BCUT2D eigenvalue weighted by Crippen LogP contribution is -2.36. The highest BCUT2D eigenvalue weighted by Crippen LogP contribution is 2.25. The van der Waals surface area contributed by atoms with Crippen LogP contribution in [0.4, 0.5) is 11.5 Å². The predicted octanol–water partition coefficient (Wildman–Crippen LogP) is 2.72. The van der Waals surface area contributed by atoms with E-state index in [2.05, 4.69) is 28.1 Å². The van der Waals surface area contributed by atoms with Crippen LogP contribution >= 0.6 is 0 Å². The van der Waals surface area contributed by atoms with Crippen molar-refractivity contribution in [3.63, 3.8) is 0 Å². The van der Waals surface area contributed by atoms with E-state index in [4.69, 9.17) is 15.5 Å². The molecule has 3 aromatic rings. The van der Waals surface area contributed by atoms with Gasteiger partial charge in [0.2, 0.25) is 0 Å². The van der Waals surface area contributed by atoms with Crippen LogP contribution in [0, 0.1) is 0 Å². The van der Waals surface area contributed by atoms with E-state index in [1.165, 1.54) is 0 Å². The second-order valence-corrected chi connectivity index (χ2v) is 5.66. The van der Waals surface area contributed by atoms with E-state index in [0.29, 0.717) is 0 Å². The van der Waals surface area contributed by atoms with Crippen molar-refractivity contribution < 1.29 is 4.74 Å². The standard InChI is InChI=1S/C18H18N4O/c19-15-3-1-2-13(10-15)14-4-5-16-17(11-14)21-18(12-20-16)22-6-8-23-9-7-22/h1-5,10-12H,6-9,19H2. The molecule has 0 spiro atoms. The molecule has 23 heavy (non-hydrogen) atoms. The molecular formula is C18H18N4O. The van der Waals surface area contributed by atoms with Gasteiger partial charge in [0.05, 0.1) is 30.4 Å². The SMILES string of the molecule is Nc1cccc(-c2ccc3ncc(N4CCOCC4)nc3c2)c1. The van der Waals surface area contributed by atoms with E-state index in [1.807, 2.05) is 30.5 Å². The van der Waals surface area contributed by atoms with Crippen LogP contribution in [-0.2, 0) is 4.74 Å². The third kappa shape index (κ3) is 2.83. The molecule has 0 aliphatic carbocycles. The van der Waals surface area contributed by atoms with Gasteiger partial charge in [-0.2, -0.15) is 0 Å². The molecule has 2 heterocycles. The zero-order valence-electron chi connectivity index (χ0n) is 12.8. The first-order valence-corrected chi connectivity index (χ1v) is 7.75. The van der Waals surface area contributed by atoms with Crippen molar-refractivity contribution in [3.8, 4) is 11.1 Å². The van der Waals surface area contributed by atoms with Gasteiger partial charge in [0, 0.05) is 18.8 Å². The van der Waals surface area contributed by atoms with Gasteiger partial charge in [-0.05, 0) is 35.4 Å². The van der Waals surface area contributed by atoms with Gasteiger partial charge in [0.15, 0.2) is 0 Å². The largest absolute Gasteiger partial charge is 0.399 e. The summed E-state index contributed by atoms with van der Waals surface area (Å²) in [6, 6.07) is 14.0. The topological polar surface area (TPSA) is 64.3 Å². The summed E-state index contributed by atoms with van der Waals surface area (Å²) in [5, 5.41) is 0. The summed E-state index contributed by atoms with van der Waals surface area (Å²) < 4.78 is 5.40. The second kappa shape index (κ2) is 5.85. The van der Waals surface area contributed by atoms with Crippen LogP contribution in [0.5, 0.6) is 0 Å². The fraction of sp³-hybridized carbons (Fsp3) is 0.222. The van der Waals surface area contributed by atoms with Crippen molar-refractivity contribution >= 4 is 22.5 Å². The Balaban J connectivity index is 1.74. The van der Waals surface area contributed by atoms with E-state index in [9.17, 15) is 0 Å². The summed E-state index contributed by atoms with van der Waals surface area (Å²) in [6.45, 7) is 3.19. The van der Waals surface area contributed by atoms with Gasteiger partial charge in [-0.15, -0.1) is 0 Å². The number of morpholine rings is 1. The normalized spacial score (nSPS) is 15.0. The molecule has 0 unspecified atom stereocenters. The van der Waals surface area contributed by atoms with E-state index in [0.717, 1.165) is 60.0 Å². The maximum absolute atomic E-state index is 5.88. The fourth-order valence-electron chi connectivity index (χ4n) is 2.84. The first-order valence-electron chi connectivity index (χ1n) is 7.75. The number of nitrogens with two attached hydrogens (primary N) is 1. The maximum atomic E-state index is 5.88. The summed E-state index contributed by atoms with van der Waals surface area (Å²) >= 11 is 0. The summed E-state index contributed by atoms with van der Waals surface area (Å²) in [6.07, 6.45) is 1.84. The monoisotopic (exact) mass is 306 g/mol. The Morgan fingerprint density at radius 3 is 2.61 bits per heavy atom. The number of nitrogens with zero attached hydrogens (tertiary/aromatic N) is 3. The molecule has 1 aromatic heterocycles. The number of ether oxygens (including phenoxy) is 1. The van der Waals surface area contributed by atoms with Crippen molar-refractivity contribution in [1.29, 1.82) is 0 Å². The smallest absolute Gasteiger partial charge is 0.148 e. The van der Waals surface area contributed by atoms with Crippen molar-refractivity contribution in [1.82, 2.24) is 9.97 Å². The molecule has 4 rings (SSSR count). The molecule has 2 N–H and O–H groups in total. The lowest BCUT2D eigenvalue weighted by atomic mass is 10.0. The van der Waals surface area contributed by atoms with Gasteiger partial charge in [-0.25, -0.2) is 4.98 Å².